The number of rotatable bonds is 7. The third kappa shape index (κ3) is 5.50. The second-order valence-corrected chi connectivity index (χ2v) is 7.43. The third-order valence-electron chi connectivity index (χ3n) is 4.76. The van der Waals surface area contributed by atoms with Crippen molar-refractivity contribution in [2.45, 2.75) is 20.8 Å². The number of aryl methyl sites for hydroxylation is 1. The second-order valence-electron chi connectivity index (χ2n) is 7.02. The molecule has 8 nitrogen and oxygen atoms in total. The molecule has 0 atom stereocenters. The Hall–Kier alpha value is -3.72. The predicted octanol–water partition coefficient (Wildman–Crippen LogP) is 2.63. The van der Waals surface area contributed by atoms with Crippen LogP contribution in [0.25, 0.3) is 6.08 Å². The van der Waals surface area contributed by atoms with E-state index in [0.29, 0.717) is 23.7 Å². The van der Waals surface area contributed by atoms with Gasteiger partial charge in [-0.3, -0.25) is 25.0 Å². The monoisotopic (exact) mass is 453 g/mol. The van der Waals surface area contributed by atoms with Crippen LogP contribution in [-0.2, 0) is 14.4 Å². The predicted molar refractivity (Wildman–Crippen MR) is 125 cm³/mol. The first kappa shape index (κ1) is 23.0. The van der Waals surface area contributed by atoms with Gasteiger partial charge in [0.25, 0.3) is 17.7 Å². The molecule has 0 saturated carbocycles. The maximum atomic E-state index is 12.4. The van der Waals surface area contributed by atoms with Gasteiger partial charge in [0.05, 0.1) is 6.61 Å². The van der Waals surface area contributed by atoms with Crippen LogP contribution in [0.4, 0.5) is 5.69 Å². The van der Waals surface area contributed by atoms with Crippen LogP contribution >= 0.6 is 12.2 Å². The zero-order valence-corrected chi connectivity index (χ0v) is 18.7. The maximum Gasteiger partial charge on any atom is 0.263 e. The number of hydrogen-bond acceptors (Lipinski definition) is 6. The lowest BCUT2D eigenvalue weighted by molar-refractivity contribution is -0.123. The Balaban J connectivity index is 1.73. The highest BCUT2D eigenvalue weighted by Gasteiger charge is 2.25. The summed E-state index contributed by atoms with van der Waals surface area (Å²) in [6.07, 6.45) is 1.42. The number of benzene rings is 2. The van der Waals surface area contributed by atoms with Crippen LogP contribution in [0.1, 0.15) is 23.6 Å². The van der Waals surface area contributed by atoms with E-state index in [9.17, 15) is 14.4 Å². The number of hydrogen-bond donors (Lipinski definition) is 3. The van der Waals surface area contributed by atoms with E-state index in [4.69, 9.17) is 21.7 Å². The fourth-order valence-corrected chi connectivity index (χ4v) is 3.18. The van der Waals surface area contributed by atoms with Gasteiger partial charge in [-0.25, -0.2) is 0 Å². The third-order valence-corrected chi connectivity index (χ3v) is 4.96. The van der Waals surface area contributed by atoms with Crippen LogP contribution in [0.3, 0.4) is 0 Å². The van der Waals surface area contributed by atoms with E-state index in [0.717, 1.165) is 16.8 Å². The second kappa shape index (κ2) is 10.1. The summed E-state index contributed by atoms with van der Waals surface area (Å²) in [7, 11) is 0. The molecule has 3 amide bonds. The van der Waals surface area contributed by atoms with Gasteiger partial charge in [0.15, 0.2) is 23.2 Å². The number of carbonyl (C=O) groups excluding carboxylic acids is 3. The van der Waals surface area contributed by atoms with Crippen molar-refractivity contribution < 1.29 is 23.9 Å². The first-order valence-electron chi connectivity index (χ1n) is 9.92. The summed E-state index contributed by atoms with van der Waals surface area (Å²) in [6, 6.07) is 10.6. The molecule has 3 rings (SSSR count). The molecule has 2 aromatic carbocycles. The fraction of sp³-hybridized carbons (Fsp3) is 0.217. The normalized spacial score (nSPS) is 13.2. The molecule has 3 N–H and O–H groups in total. The molecule has 1 saturated heterocycles. The van der Waals surface area contributed by atoms with Crippen molar-refractivity contribution >= 4 is 46.8 Å². The van der Waals surface area contributed by atoms with E-state index in [2.05, 4.69) is 16.0 Å². The Bertz CT molecular complexity index is 1100. The van der Waals surface area contributed by atoms with Crippen molar-refractivity contribution in [1.82, 2.24) is 10.6 Å². The van der Waals surface area contributed by atoms with Gasteiger partial charge in [0.1, 0.15) is 5.57 Å². The molecule has 0 aromatic heterocycles. The average Bonchev–Trinajstić information content (AvgIpc) is 2.73. The molecule has 2 aromatic rings. The first-order chi connectivity index (χ1) is 15.3. The van der Waals surface area contributed by atoms with Crippen molar-refractivity contribution in [3.63, 3.8) is 0 Å². The summed E-state index contributed by atoms with van der Waals surface area (Å²) in [4.78, 5) is 36.4. The minimum Gasteiger partial charge on any atom is -0.490 e. The number of ether oxygens (including phenoxy) is 2. The van der Waals surface area contributed by atoms with Crippen molar-refractivity contribution in [3.05, 3.63) is 58.7 Å². The van der Waals surface area contributed by atoms with Crippen molar-refractivity contribution in [2.75, 3.05) is 18.5 Å². The molecule has 1 heterocycles. The van der Waals surface area contributed by atoms with Gasteiger partial charge < -0.3 is 14.8 Å². The van der Waals surface area contributed by atoms with Crippen molar-refractivity contribution in [1.29, 1.82) is 0 Å². The molecule has 0 radical (unpaired) electrons. The minimum atomic E-state index is -0.583. The molecule has 0 spiro atoms. The lowest BCUT2D eigenvalue weighted by atomic mass is 10.1. The number of carbonyl (C=O) groups is 3. The van der Waals surface area contributed by atoms with Gasteiger partial charge in [-0.2, -0.15) is 0 Å². The van der Waals surface area contributed by atoms with Crippen LogP contribution in [0.15, 0.2) is 42.0 Å². The lowest BCUT2D eigenvalue weighted by Crippen LogP contribution is -2.51. The maximum absolute atomic E-state index is 12.4. The number of anilines is 1. The molecule has 0 unspecified atom stereocenters. The topological polar surface area (TPSA) is 106 Å². The quantitative estimate of drug-likeness (QED) is 0.338. The molecule has 1 fully saturated rings. The average molecular weight is 454 g/mol. The smallest absolute Gasteiger partial charge is 0.263 e. The standard InChI is InChI=1S/C23H23N3O5S/c1-4-30-19-11-15(10-16-21(28)25-23(32)26-22(16)29)8-9-18(19)31-12-20(27)24-17-7-5-6-13(2)14(17)3/h5-11H,4,12H2,1-3H3,(H,24,27)(H2,25,26,28,29,32). The van der Waals surface area contributed by atoms with Gasteiger partial charge >= 0.3 is 0 Å². The highest BCUT2D eigenvalue weighted by molar-refractivity contribution is 7.80. The zero-order chi connectivity index (χ0) is 23.3. The molecular weight excluding hydrogens is 430 g/mol. The Morgan fingerprint density at radius 3 is 2.47 bits per heavy atom. The molecule has 1 aliphatic heterocycles. The van der Waals surface area contributed by atoms with Crippen molar-refractivity contribution in [2.24, 2.45) is 0 Å². The van der Waals surface area contributed by atoms with Gasteiger partial charge in [0, 0.05) is 5.69 Å². The van der Waals surface area contributed by atoms with Crippen LogP contribution in [-0.4, -0.2) is 36.0 Å². The molecule has 9 heteroatoms. The van der Waals surface area contributed by atoms with E-state index in [1.165, 1.54) is 6.08 Å². The van der Waals surface area contributed by atoms with Crippen molar-refractivity contribution in [3.8, 4) is 11.5 Å². The number of amides is 3. The minimum absolute atomic E-state index is 0.0324. The fourth-order valence-electron chi connectivity index (χ4n) is 2.99. The van der Waals surface area contributed by atoms with E-state index in [1.54, 1.807) is 18.2 Å². The molecule has 0 aliphatic carbocycles. The lowest BCUT2D eigenvalue weighted by Gasteiger charge is -2.17. The summed E-state index contributed by atoms with van der Waals surface area (Å²) in [6.45, 7) is 5.87. The number of nitrogens with one attached hydrogen (secondary N) is 3. The van der Waals surface area contributed by atoms with Crippen LogP contribution in [0, 0.1) is 13.8 Å². The van der Waals surface area contributed by atoms with Gasteiger partial charge in [-0.15, -0.1) is 0 Å². The van der Waals surface area contributed by atoms with Gasteiger partial charge in [-0.05, 0) is 74.0 Å². The summed E-state index contributed by atoms with van der Waals surface area (Å²) >= 11 is 4.79. The van der Waals surface area contributed by atoms with E-state index >= 15 is 0 Å². The highest BCUT2D eigenvalue weighted by atomic mass is 32.1. The Morgan fingerprint density at radius 2 is 1.78 bits per heavy atom. The molecule has 166 valence electrons. The van der Waals surface area contributed by atoms with E-state index < -0.39 is 11.8 Å². The van der Waals surface area contributed by atoms with Gasteiger partial charge in [0.2, 0.25) is 0 Å². The first-order valence-corrected chi connectivity index (χ1v) is 10.3. The Morgan fingerprint density at radius 1 is 1.06 bits per heavy atom. The Labute approximate surface area is 191 Å². The summed E-state index contributed by atoms with van der Waals surface area (Å²) in [5, 5.41) is 7.57. The van der Waals surface area contributed by atoms with Crippen LogP contribution in [0.5, 0.6) is 11.5 Å². The zero-order valence-electron chi connectivity index (χ0n) is 17.9. The number of thiocarbonyl (C=S) groups is 1. The molecular formula is C23H23N3O5S. The summed E-state index contributed by atoms with van der Waals surface area (Å²) in [5.74, 6) is -0.725. The molecule has 1 aliphatic rings. The van der Waals surface area contributed by atoms with E-state index in [-0.39, 0.29) is 23.2 Å². The Kier molecular flexibility index (Phi) is 7.21. The SMILES string of the molecule is CCOc1cc(C=C2C(=O)NC(=S)NC2=O)ccc1OCC(=O)Nc1cccc(C)c1C. The summed E-state index contributed by atoms with van der Waals surface area (Å²) in [5.41, 5.74) is 3.27. The van der Waals surface area contributed by atoms with Crippen LogP contribution < -0.4 is 25.4 Å². The molecule has 0 bridgehead atoms. The largest absolute Gasteiger partial charge is 0.490 e. The van der Waals surface area contributed by atoms with Crippen LogP contribution in [0.2, 0.25) is 0 Å². The molecule has 32 heavy (non-hydrogen) atoms. The van der Waals surface area contributed by atoms with Gasteiger partial charge in [-0.1, -0.05) is 18.2 Å². The van der Waals surface area contributed by atoms with E-state index in [1.807, 2.05) is 39.0 Å². The summed E-state index contributed by atoms with van der Waals surface area (Å²) < 4.78 is 11.3. The highest BCUT2D eigenvalue weighted by Crippen LogP contribution is 2.29.